The molecule has 1 N–H and O–H groups in total. The number of hydrogen-bond acceptors (Lipinski definition) is 4. The highest BCUT2D eigenvalue weighted by Crippen LogP contribution is 2.49. The van der Waals surface area contributed by atoms with Crippen LogP contribution >= 0.6 is 23.2 Å². The summed E-state index contributed by atoms with van der Waals surface area (Å²) in [5.41, 5.74) is 4.83. The third-order valence-corrected chi connectivity index (χ3v) is 5.91. The van der Waals surface area contributed by atoms with E-state index in [9.17, 15) is 5.11 Å². The number of aromatic hydroxyl groups is 1. The maximum absolute atomic E-state index is 10.6. The van der Waals surface area contributed by atoms with Crippen molar-refractivity contribution in [2.24, 2.45) is 5.10 Å². The summed E-state index contributed by atoms with van der Waals surface area (Å²) in [5.74, 6) is 0.729. The van der Waals surface area contributed by atoms with Gasteiger partial charge in [-0.15, -0.1) is 0 Å². The molecule has 2 heterocycles. The van der Waals surface area contributed by atoms with E-state index in [2.05, 4.69) is 37.3 Å². The first-order chi connectivity index (χ1) is 14.0. The summed E-state index contributed by atoms with van der Waals surface area (Å²) in [4.78, 5) is 0. The lowest BCUT2D eigenvalue weighted by Crippen LogP contribution is -2.33. The van der Waals surface area contributed by atoms with E-state index in [0.717, 1.165) is 29.0 Å². The van der Waals surface area contributed by atoms with Gasteiger partial charge in [-0.2, -0.15) is 5.10 Å². The van der Waals surface area contributed by atoms with Gasteiger partial charge in [0.2, 0.25) is 6.23 Å². The lowest BCUT2D eigenvalue weighted by Gasteiger charge is -2.38. The van der Waals surface area contributed by atoms with E-state index < -0.39 is 6.23 Å². The van der Waals surface area contributed by atoms with Crippen molar-refractivity contribution in [2.45, 2.75) is 25.6 Å². The third-order valence-electron chi connectivity index (χ3n) is 5.41. The Hall–Kier alpha value is -2.69. The molecule has 0 fully saturated rings. The largest absolute Gasteiger partial charge is 0.506 e. The van der Waals surface area contributed by atoms with Crippen molar-refractivity contribution in [2.75, 3.05) is 0 Å². The first-order valence-corrected chi connectivity index (χ1v) is 10.1. The molecule has 4 nitrogen and oxygen atoms in total. The van der Waals surface area contributed by atoms with Crippen LogP contribution in [0, 0.1) is 6.92 Å². The van der Waals surface area contributed by atoms with Gasteiger partial charge in [0.25, 0.3) is 0 Å². The van der Waals surface area contributed by atoms with Crippen LogP contribution in [0.15, 0.2) is 65.8 Å². The van der Waals surface area contributed by atoms with Crippen molar-refractivity contribution in [1.29, 1.82) is 0 Å². The topological polar surface area (TPSA) is 45.1 Å². The summed E-state index contributed by atoms with van der Waals surface area (Å²) < 4.78 is 6.27. The predicted octanol–water partition coefficient (Wildman–Crippen LogP) is 6.25. The van der Waals surface area contributed by atoms with Gasteiger partial charge in [0.15, 0.2) is 0 Å². The van der Waals surface area contributed by atoms with E-state index in [1.807, 2.05) is 23.2 Å². The van der Waals surface area contributed by atoms with Crippen LogP contribution in [0.1, 0.15) is 40.9 Å². The summed E-state index contributed by atoms with van der Waals surface area (Å²) in [6, 6.07) is 19.5. The van der Waals surface area contributed by atoms with E-state index in [1.165, 1.54) is 11.6 Å². The van der Waals surface area contributed by atoms with Crippen molar-refractivity contribution in [1.82, 2.24) is 5.01 Å². The van der Waals surface area contributed by atoms with Crippen molar-refractivity contribution < 1.29 is 9.84 Å². The molecule has 2 aliphatic rings. The van der Waals surface area contributed by atoms with Crippen molar-refractivity contribution in [3.05, 3.63) is 93.0 Å². The minimum absolute atomic E-state index is 0.00147. The number of nitrogens with zero attached hydrogens (tertiary/aromatic N) is 2. The summed E-state index contributed by atoms with van der Waals surface area (Å²) >= 11 is 12.4. The highest BCUT2D eigenvalue weighted by Gasteiger charge is 2.42. The van der Waals surface area contributed by atoms with Gasteiger partial charge in [-0.05, 0) is 30.7 Å². The van der Waals surface area contributed by atoms with E-state index >= 15 is 0 Å². The fourth-order valence-electron chi connectivity index (χ4n) is 3.93. The molecule has 0 radical (unpaired) electrons. The van der Waals surface area contributed by atoms with E-state index in [1.54, 1.807) is 6.07 Å². The van der Waals surface area contributed by atoms with Crippen LogP contribution in [0.4, 0.5) is 0 Å². The van der Waals surface area contributed by atoms with Crippen LogP contribution < -0.4 is 4.74 Å². The molecule has 6 heteroatoms. The molecule has 29 heavy (non-hydrogen) atoms. The minimum atomic E-state index is -0.631. The number of phenols is 1. The fourth-order valence-corrected chi connectivity index (χ4v) is 4.44. The number of benzene rings is 3. The Kier molecular flexibility index (Phi) is 4.41. The Morgan fingerprint density at radius 3 is 2.59 bits per heavy atom. The molecular weight excluding hydrogens is 407 g/mol. The van der Waals surface area contributed by atoms with Crippen LogP contribution in [-0.2, 0) is 0 Å². The zero-order valence-electron chi connectivity index (χ0n) is 15.6. The molecule has 2 atom stereocenters. The van der Waals surface area contributed by atoms with Crippen LogP contribution in [0.25, 0.3) is 0 Å². The molecule has 0 aromatic heterocycles. The third kappa shape index (κ3) is 3.13. The predicted molar refractivity (Wildman–Crippen MR) is 115 cm³/mol. The number of hydrogen-bond donors (Lipinski definition) is 1. The van der Waals surface area contributed by atoms with Gasteiger partial charge >= 0.3 is 0 Å². The van der Waals surface area contributed by atoms with Gasteiger partial charge in [0, 0.05) is 17.0 Å². The summed E-state index contributed by atoms with van der Waals surface area (Å²) in [6.45, 7) is 2.06. The second-order valence-corrected chi connectivity index (χ2v) is 8.19. The number of hydrazone groups is 1. The first-order valence-electron chi connectivity index (χ1n) is 9.37. The van der Waals surface area contributed by atoms with Crippen LogP contribution in [-0.4, -0.2) is 15.8 Å². The SMILES string of the molecule is Cc1ccc(C2=NN3[C@H](C2)c2ccccc2O[C@@H]3c2cc(Cl)cc(Cl)c2O)cc1. The highest BCUT2D eigenvalue weighted by molar-refractivity contribution is 6.35. The lowest BCUT2D eigenvalue weighted by molar-refractivity contribution is -0.0203. The van der Waals surface area contributed by atoms with Crippen LogP contribution in [0.5, 0.6) is 11.5 Å². The molecule has 0 bridgehead atoms. The van der Waals surface area contributed by atoms with Crippen molar-refractivity contribution in [3.8, 4) is 11.5 Å². The molecule has 3 aromatic rings. The van der Waals surface area contributed by atoms with E-state index in [0.29, 0.717) is 10.6 Å². The molecule has 3 aromatic carbocycles. The zero-order chi connectivity index (χ0) is 20.1. The number of fused-ring (bicyclic) bond motifs is 3. The monoisotopic (exact) mass is 424 g/mol. The number of halogens is 2. The van der Waals surface area contributed by atoms with Gasteiger partial charge in [-0.25, -0.2) is 5.01 Å². The van der Waals surface area contributed by atoms with Gasteiger partial charge in [0.1, 0.15) is 11.5 Å². The number of phenolic OH excluding ortho intramolecular Hbond substituents is 1. The molecule has 0 saturated carbocycles. The molecule has 0 unspecified atom stereocenters. The maximum Gasteiger partial charge on any atom is 0.217 e. The Labute approximate surface area is 178 Å². The number of para-hydroxylation sites is 1. The summed E-state index contributed by atoms with van der Waals surface area (Å²) in [7, 11) is 0. The standard InChI is InChI=1S/C23H18Cl2N2O2/c1-13-6-8-14(9-7-13)19-12-20-16-4-2-3-5-21(16)29-23(27(20)26-19)17-10-15(24)11-18(25)22(17)28/h2-11,20,23,28H,12H2,1H3/t20-,23-/m1/s1. The van der Waals surface area contributed by atoms with Crippen LogP contribution in [0.2, 0.25) is 10.0 Å². The Morgan fingerprint density at radius 2 is 1.79 bits per heavy atom. The zero-order valence-corrected chi connectivity index (χ0v) is 17.2. The normalized spacial score (nSPS) is 20.0. The molecule has 2 aliphatic heterocycles. The second kappa shape index (κ2) is 6.97. The smallest absolute Gasteiger partial charge is 0.217 e. The number of aryl methyl sites for hydroxylation is 1. The molecule has 0 spiro atoms. The summed E-state index contributed by atoms with van der Waals surface area (Å²) in [6.07, 6.45) is 0.115. The number of rotatable bonds is 2. The molecule has 5 rings (SSSR count). The van der Waals surface area contributed by atoms with E-state index in [-0.39, 0.29) is 16.8 Å². The average molecular weight is 425 g/mol. The van der Waals surface area contributed by atoms with Gasteiger partial charge in [-0.1, -0.05) is 71.2 Å². The van der Waals surface area contributed by atoms with Crippen molar-refractivity contribution >= 4 is 28.9 Å². The fraction of sp³-hybridized carbons (Fsp3) is 0.174. The first kappa shape index (κ1) is 18.3. The molecule has 0 amide bonds. The number of ether oxygens (including phenoxy) is 1. The minimum Gasteiger partial charge on any atom is -0.506 e. The molecular formula is C23H18Cl2N2O2. The van der Waals surface area contributed by atoms with Gasteiger partial charge < -0.3 is 9.84 Å². The van der Waals surface area contributed by atoms with Crippen LogP contribution in [0.3, 0.4) is 0 Å². The molecule has 0 saturated heterocycles. The van der Waals surface area contributed by atoms with E-state index in [4.69, 9.17) is 33.0 Å². The van der Waals surface area contributed by atoms with Gasteiger partial charge in [0.05, 0.1) is 22.3 Å². The van der Waals surface area contributed by atoms with Gasteiger partial charge in [-0.3, -0.25) is 0 Å². The second-order valence-electron chi connectivity index (χ2n) is 7.35. The highest BCUT2D eigenvalue weighted by atomic mass is 35.5. The quantitative estimate of drug-likeness (QED) is 0.528. The molecule has 146 valence electrons. The Balaban J connectivity index is 1.63. The summed E-state index contributed by atoms with van der Waals surface area (Å²) in [5, 5.41) is 18.0. The Morgan fingerprint density at radius 1 is 1.03 bits per heavy atom. The lowest BCUT2D eigenvalue weighted by atomic mass is 9.95. The molecule has 0 aliphatic carbocycles. The van der Waals surface area contributed by atoms with Crippen molar-refractivity contribution in [3.63, 3.8) is 0 Å². The Bertz CT molecular complexity index is 1130. The maximum atomic E-state index is 10.6. The average Bonchev–Trinajstić information content (AvgIpc) is 3.16.